The maximum atomic E-state index is 12.9. The van der Waals surface area contributed by atoms with Crippen LogP contribution in [-0.4, -0.2) is 37.2 Å². The molecule has 392 valence electrons. The summed E-state index contributed by atoms with van der Waals surface area (Å²) in [6, 6.07) is 0. The van der Waals surface area contributed by atoms with Crippen molar-refractivity contribution in [1.29, 1.82) is 0 Å². The second kappa shape index (κ2) is 56.2. The van der Waals surface area contributed by atoms with Gasteiger partial charge in [0.1, 0.15) is 13.2 Å². The number of hydrogen-bond acceptors (Lipinski definition) is 6. The number of carbonyl (C=O) groups excluding carboxylic acids is 3. The summed E-state index contributed by atoms with van der Waals surface area (Å²) in [5.74, 6) is -0.861. The molecule has 0 rings (SSSR count). The third-order valence-electron chi connectivity index (χ3n) is 13.1. The number of hydrogen-bond donors (Lipinski definition) is 0. The highest BCUT2D eigenvalue weighted by Gasteiger charge is 2.19. The summed E-state index contributed by atoms with van der Waals surface area (Å²) in [5.41, 5.74) is 0. The molecule has 0 aliphatic heterocycles. The summed E-state index contributed by atoms with van der Waals surface area (Å²) >= 11 is 0. The minimum absolute atomic E-state index is 0.0708. The van der Waals surface area contributed by atoms with E-state index in [1.54, 1.807) is 0 Å². The average molecular weight is 942 g/mol. The number of ether oxygens (including phenoxy) is 3. The Bertz CT molecular complexity index is 1130. The molecular weight excluding hydrogens is 829 g/mol. The normalized spacial score (nSPS) is 12.2. The molecule has 0 amide bonds. The number of allylic oxidation sites excluding steroid dienone is 6. The van der Waals surface area contributed by atoms with Crippen molar-refractivity contribution >= 4 is 17.9 Å². The summed E-state index contributed by atoms with van der Waals surface area (Å²) in [6.45, 7) is 6.64. The topological polar surface area (TPSA) is 78.9 Å². The van der Waals surface area contributed by atoms with Gasteiger partial charge in [0.25, 0.3) is 0 Å². The zero-order valence-corrected chi connectivity index (χ0v) is 44.9. The zero-order valence-electron chi connectivity index (χ0n) is 44.9. The van der Waals surface area contributed by atoms with Crippen LogP contribution in [0.3, 0.4) is 0 Å². The van der Waals surface area contributed by atoms with E-state index in [-0.39, 0.29) is 31.1 Å². The van der Waals surface area contributed by atoms with E-state index in [1.807, 2.05) is 0 Å². The van der Waals surface area contributed by atoms with Crippen LogP contribution >= 0.6 is 0 Å². The molecule has 0 aromatic heterocycles. The molecule has 6 nitrogen and oxygen atoms in total. The Kier molecular flexibility index (Phi) is 54.2. The van der Waals surface area contributed by atoms with Crippen LogP contribution in [-0.2, 0) is 28.6 Å². The molecule has 0 bridgehead atoms. The van der Waals surface area contributed by atoms with Crippen LogP contribution in [0.2, 0.25) is 0 Å². The lowest BCUT2D eigenvalue weighted by Crippen LogP contribution is -2.30. The van der Waals surface area contributed by atoms with E-state index in [1.165, 1.54) is 212 Å². The van der Waals surface area contributed by atoms with Crippen molar-refractivity contribution in [3.63, 3.8) is 0 Å². The van der Waals surface area contributed by atoms with Gasteiger partial charge >= 0.3 is 17.9 Å². The van der Waals surface area contributed by atoms with Gasteiger partial charge in [0.15, 0.2) is 6.10 Å². The summed E-state index contributed by atoms with van der Waals surface area (Å²) in [6.07, 6.45) is 67.0. The fourth-order valence-corrected chi connectivity index (χ4v) is 8.65. The van der Waals surface area contributed by atoms with Crippen LogP contribution in [0.5, 0.6) is 0 Å². The molecule has 0 aliphatic carbocycles. The third kappa shape index (κ3) is 54.4. The lowest BCUT2D eigenvalue weighted by molar-refractivity contribution is -0.167. The standard InChI is InChI=1S/C61H112O6/c1-4-7-10-13-16-19-22-24-26-28-30-32-34-36-39-42-45-48-51-54-60(63)66-57-58(56-65-59(62)53-50-47-44-41-38-21-18-15-12-9-6-3)67-61(64)55-52-49-46-43-40-37-35-33-31-29-27-25-23-20-17-14-11-8-5-2/h17,20,24-27,58H,4-16,18-19,21-23,28-57H2,1-3H3/b20-17-,26-24-,27-25-/t58-/m0/s1. The quantitative estimate of drug-likeness (QED) is 0.0262. The molecule has 6 heteroatoms. The van der Waals surface area contributed by atoms with Gasteiger partial charge in [-0.3, -0.25) is 14.4 Å². The Morgan fingerprint density at radius 3 is 0.866 bits per heavy atom. The highest BCUT2D eigenvalue weighted by Crippen LogP contribution is 2.16. The predicted octanol–water partition coefficient (Wildman–Crippen LogP) is 19.7. The summed E-state index contributed by atoms with van der Waals surface area (Å²) < 4.78 is 16.9. The molecule has 0 aromatic rings. The molecule has 0 saturated carbocycles. The van der Waals surface area contributed by atoms with Crippen molar-refractivity contribution in [2.75, 3.05) is 13.2 Å². The second-order valence-electron chi connectivity index (χ2n) is 19.9. The van der Waals surface area contributed by atoms with Crippen LogP contribution in [0.1, 0.15) is 316 Å². The Hall–Kier alpha value is -2.37. The van der Waals surface area contributed by atoms with Crippen molar-refractivity contribution in [2.24, 2.45) is 0 Å². The molecule has 0 heterocycles. The van der Waals surface area contributed by atoms with Gasteiger partial charge in [0.05, 0.1) is 0 Å². The highest BCUT2D eigenvalue weighted by atomic mass is 16.6. The van der Waals surface area contributed by atoms with Gasteiger partial charge in [-0.1, -0.05) is 256 Å². The predicted molar refractivity (Wildman–Crippen MR) is 289 cm³/mol. The average Bonchev–Trinajstić information content (AvgIpc) is 3.33. The van der Waals surface area contributed by atoms with Crippen molar-refractivity contribution in [3.05, 3.63) is 36.5 Å². The van der Waals surface area contributed by atoms with E-state index in [9.17, 15) is 14.4 Å². The van der Waals surface area contributed by atoms with Crippen molar-refractivity contribution in [2.45, 2.75) is 322 Å². The maximum Gasteiger partial charge on any atom is 0.306 e. The minimum atomic E-state index is -0.772. The van der Waals surface area contributed by atoms with E-state index < -0.39 is 6.10 Å². The second-order valence-corrected chi connectivity index (χ2v) is 19.9. The monoisotopic (exact) mass is 941 g/mol. The van der Waals surface area contributed by atoms with Crippen molar-refractivity contribution < 1.29 is 28.6 Å². The molecule has 67 heavy (non-hydrogen) atoms. The first-order valence-electron chi connectivity index (χ1n) is 29.5. The SMILES string of the molecule is CCCCC/C=C\C/C=C\CCCCCCCCCCCC(=O)O[C@H](COC(=O)CCCCCCCCCCC/C=C\CCCCCCCC)COC(=O)CCCCCCCCCCCCC. The molecule has 0 spiro atoms. The lowest BCUT2D eigenvalue weighted by atomic mass is 10.1. The summed E-state index contributed by atoms with van der Waals surface area (Å²) in [4.78, 5) is 38.1. The number of esters is 3. The van der Waals surface area contributed by atoms with Crippen LogP contribution in [0.4, 0.5) is 0 Å². The van der Waals surface area contributed by atoms with E-state index >= 15 is 0 Å². The van der Waals surface area contributed by atoms with Gasteiger partial charge in [0.2, 0.25) is 0 Å². The molecule has 0 saturated heterocycles. The van der Waals surface area contributed by atoms with E-state index in [2.05, 4.69) is 57.2 Å². The molecule has 0 aliphatic rings. The van der Waals surface area contributed by atoms with Gasteiger partial charge in [-0.25, -0.2) is 0 Å². The van der Waals surface area contributed by atoms with Gasteiger partial charge in [-0.15, -0.1) is 0 Å². The first-order chi connectivity index (χ1) is 33.0. The maximum absolute atomic E-state index is 12.9. The summed E-state index contributed by atoms with van der Waals surface area (Å²) in [7, 11) is 0. The van der Waals surface area contributed by atoms with Crippen LogP contribution in [0.25, 0.3) is 0 Å². The smallest absolute Gasteiger partial charge is 0.306 e. The molecule has 0 radical (unpaired) electrons. The number of rotatable bonds is 54. The molecular formula is C61H112O6. The first-order valence-corrected chi connectivity index (χ1v) is 29.5. The number of unbranched alkanes of at least 4 members (excludes halogenated alkanes) is 37. The van der Waals surface area contributed by atoms with Gasteiger partial charge < -0.3 is 14.2 Å². The Labute approximate surface area is 416 Å². The fourth-order valence-electron chi connectivity index (χ4n) is 8.65. The Morgan fingerprint density at radius 1 is 0.299 bits per heavy atom. The van der Waals surface area contributed by atoms with Crippen LogP contribution < -0.4 is 0 Å². The van der Waals surface area contributed by atoms with Crippen LogP contribution in [0, 0.1) is 0 Å². The minimum Gasteiger partial charge on any atom is -0.462 e. The molecule has 0 N–H and O–H groups in total. The molecule has 0 unspecified atom stereocenters. The Balaban J connectivity index is 4.30. The third-order valence-corrected chi connectivity index (χ3v) is 13.1. The van der Waals surface area contributed by atoms with E-state index in [4.69, 9.17) is 14.2 Å². The number of carbonyl (C=O) groups is 3. The van der Waals surface area contributed by atoms with Gasteiger partial charge in [-0.2, -0.15) is 0 Å². The van der Waals surface area contributed by atoms with E-state index in [0.717, 1.165) is 64.2 Å². The summed E-state index contributed by atoms with van der Waals surface area (Å²) in [5, 5.41) is 0. The first kappa shape index (κ1) is 64.6. The molecule has 0 aromatic carbocycles. The largest absolute Gasteiger partial charge is 0.462 e. The highest BCUT2D eigenvalue weighted by molar-refractivity contribution is 5.71. The zero-order chi connectivity index (χ0) is 48.6. The van der Waals surface area contributed by atoms with Gasteiger partial charge in [0, 0.05) is 19.3 Å². The fraction of sp³-hybridized carbons (Fsp3) is 0.852. The van der Waals surface area contributed by atoms with Gasteiger partial charge in [-0.05, 0) is 77.0 Å². The molecule has 0 fully saturated rings. The van der Waals surface area contributed by atoms with E-state index in [0.29, 0.717) is 19.3 Å². The van der Waals surface area contributed by atoms with Crippen LogP contribution in [0.15, 0.2) is 36.5 Å². The Morgan fingerprint density at radius 2 is 0.537 bits per heavy atom. The van der Waals surface area contributed by atoms with Crippen molar-refractivity contribution in [3.8, 4) is 0 Å². The molecule has 1 atom stereocenters. The van der Waals surface area contributed by atoms with Crippen molar-refractivity contribution in [1.82, 2.24) is 0 Å². The lowest BCUT2D eigenvalue weighted by Gasteiger charge is -2.18.